The molecule has 2 rings (SSSR count). The van der Waals surface area contributed by atoms with Crippen LogP contribution >= 0.6 is 0 Å². The van der Waals surface area contributed by atoms with E-state index >= 15 is 0 Å². The Morgan fingerprint density at radius 2 is 2.12 bits per heavy atom. The van der Waals surface area contributed by atoms with Gasteiger partial charge in [-0.2, -0.15) is 0 Å². The summed E-state index contributed by atoms with van der Waals surface area (Å²) in [5, 5.41) is 0. The average molecular weight is 233 g/mol. The first-order valence-corrected chi connectivity index (χ1v) is 5.95. The first kappa shape index (κ1) is 12.1. The molecule has 0 heterocycles. The second-order valence-electron chi connectivity index (χ2n) is 5.09. The van der Waals surface area contributed by atoms with Crippen LogP contribution in [0.1, 0.15) is 35.7 Å². The molecule has 1 atom stereocenters. The first-order valence-electron chi connectivity index (χ1n) is 5.95. The Bertz CT molecular complexity index is 448. The van der Waals surface area contributed by atoms with E-state index in [1.165, 1.54) is 0 Å². The summed E-state index contributed by atoms with van der Waals surface area (Å²) in [6.45, 7) is 3.79. The number of methoxy groups -OCH3 is 1. The Balaban J connectivity index is 2.38. The van der Waals surface area contributed by atoms with Crippen LogP contribution in [0.15, 0.2) is 18.2 Å². The van der Waals surface area contributed by atoms with Crippen LogP contribution in [0.25, 0.3) is 0 Å². The number of benzene rings is 1. The van der Waals surface area contributed by atoms with Crippen LogP contribution in [0.3, 0.4) is 0 Å². The summed E-state index contributed by atoms with van der Waals surface area (Å²) >= 11 is 0. The van der Waals surface area contributed by atoms with E-state index in [1.54, 1.807) is 7.11 Å². The van der Waals surface area contributed by atoms with Crippen molar-refractivity contribution in [1.29, 1.82) is 0 Å². The fraction of sp³-hybridized carbons (Fsp3) is 0.500. The molecule has 1 aliphatic carbocycles. The molecule has 1 unspecified atom stereocenters. The van der Waals surface area contributed by atoms with Gasteiger partial charge >= 0.3 is 0 Å². The second-order valence-corrected chi connectivity index (χ2v) is 5.09. The molecule has 17 heavy (non-hydrogen) atoms. The lowest BCUT2D eigenvalue weighted by Crippen LogP contribution is -2.47. The fourth-order valence-electron chi connectivity index (χ4n) is 2.16. The molecule has 1 fully saturated rings. The summed E-state index contributed by atoms with van der Waals surface area (Å²) in [7, 11) is 1.58. The quantitative estimate of drug-likeness (QED) is 0.812. The van der Waals surface area contributed by atoms with E-state index in [0.717, 1.165) is 18.4 Å². The zero-order chi connectivity index (χ0) is 12.6. The molecule has 0 amide bonds. The first-order chi connectivity index (χ1) is 7.96. The van der Waals surface area contributed by atoms with Gasteiger partial charge in [0, 0.05) is 0 Å². The molecule has 2 N–H and O–H groups in total. The van der Waals surface area contributed by atoms with Crippen molar-refractivity contribution in [1.82, 2.24) is 0 Å². The number of Topliss-reactive ketones (excluding diaryl/α,β-unsaturated/α-hetero) is 1. The molecule has 3 heteroatoms. The van der Waals surface area contributed by atoms with Crippen LogP contribution < -0.4 is 10.5 Å². The Labute approximate surface area is 102 Å². The van der Waals surface area contributed by atoms with Crippen molar-refractivity contribution >= 4 is 5.78 Å². The highest BCUT2D eigenvalue weighted by Gasteiger charge is 2.44. The van der Waals surface area contributed by atoms with Crippen molar-refractivity contribution in [2.24, 2.45) is 11.7 Å². The molecule has 3 nitrogen and oxygen atoms in total. The van der Waals surface area contributed by atoms with E-state index in [9.17, 15) is 4.79 Å². The van der Waals surface area contributed by atoms with Crippen LogP contribution in [0, 0.1) is 12.8 Å². The van der Waals surface area contributed by atoms with Gasteiger partial charge in [0.15, 0.2) is 5.78 Å². The van der Waals surface area contributed by atoms with Crippen molar-refractivity contribution in [3.63, 3.8) is 0 Å². The summed E-state index contributed by atoms with van der Waals surface area (Å²) in [4.78, 5) is 12.5. The van der Waals surface area contributed by atoms with E-state index in [2.05, 4.69) is 0 Å². The van der Waals surface area contributed by atoms with E-state index in [0.29, 0.717) is 17.2 Å². The molecule has 0 bridgehead atoms. The molecule has 1 aliphatic rings. The van der Waals surface area contributed by atoms with Gasteiger partial charge in [-0.15, -0.1) is 0 Å². The van der Waals surface area contributed by atoms with Crippen molar-refractivity contribution in [2.45, 2.75) is 32.2 Å². The minimum Gasteiger partial charge on any atom is -0.496 e. The number of carbonyl (C=O) groups excluding carboxylic acids is 1. The summed E-state index contributed by atoms with van der Waals surface area (Å²) in [5.41, 5.74) is 7.05. The lowest BCUT2D eigenvalue weighted by Gasteiger charge is -2.23. The highest BCUT2D eigenvalue weighted by molar-refractivity contribution is 6.05. The molecule has 0 spiro atoms. The van der Waals surface area contributed by atoms with Gasteiger partial charge in [-0.05, 0) is 44.7 Å². The van der Waals surface area contributed by atoms with Gasteiger partial charge < -0.3 is 10.5 Å². The Morgan fingerprint density at radius 1 is 1.47 bits per heavy atom. The maximum Gasteiger partial charge on any atom is 0.186 e. The minimum absolute atomic E-state index is 0.0134. The summed E-state index contributed by atoms with van der Waals surface area (Å²) < 4.78 is 5.24. The van der Waals surface area contributed by atoms with Gasteiger partial charge in [-0.3, -0.25) is 4.79 Å². The topological polar surface area (TPSA) is 52.3 Å². The van der Waals surface area contributed by atoms with Gasteiger partial charge in [0.25, 0.3) is 0 Å². The maximum absolute atomic E-state index is 12.5. The summed E-state index contributed by atoms with van der Waals surface area (Å²) in [6.07, 6.45) is 2.10. The smallest absolute Gasteiger partial charge is 0.186 e. The number of rotatable bonds is 4. The normalized spacial score (nSPS) is 18.6. The lowest BCUT2D eigenvalue weighted by molar-refractivity contribution is 0.0880. The van der Waals surface area contributed by atoms with Gasteiger partial charge in [-0.1, -0.05) is 11.6 Å². The van der Waals surface area contributed by atoms with Crippen LogP contribution in [0.4, 0.5) is 0 Å². The Hall–Kier alpha value is -1.35. The van der Waals surface area contributed by atoms with Gasteiger partial charge in [0.05, 0.1) is 18.2 Å². The summed E-state index contributed by atoms with van der Waals surface area (Å²) in [6, 6.07) is 5.61. The van der Waals surface area contributed by atoms with Crippen LogP contribution in [0.2, 0.25) is 0 Å². The molecule has 0 aromatic heterocycles. The van der Waals surface area contributed by atoms with Crippen molar-refractivity contribution in [2.75, 3.05) is 7.11 Å². The van der Waals surface area contributed by atoms with Crippen LogP contribution in [-0.2, 0) is 0 Å². The van der Waals surface area contributed by atoms with Gasteiger partial charge in [-0.25, -0.2) is 0 Å². The molecule has 0 saturated heterocycles. The highest BCUT2D eigenvalue weighted by Crippen LogP contribution is 2.40. The van der Waals surface area contributed by atoms with Crippen LogP contribution in [-0.4, -0.2) is 18.4 Å². The lowest BCUT2D eigenvalue weighted by atomic mass is 9.86. The molecule has 0 radical (unpaired) electrons. The monoisotopic (exact) mass is 233 g/mol. The molecule has 92 valence electrons. The molecular formula is C14H19NO2. The van der Waals surface area contributed by atoms with E-state index in [-0.39, 0.29) is 5.78 Å². The Kier molecular flexibility index (Phi) is 2.96. The predicted octanol–water partition coefficient (Wildman–Crippen LogP) is 2.31. The number of hydrogen-bond acceptors (Lipinski definition) is 3. The maximum atomic E-state index is 12.5. The second kappa shape index (κ2) is 4.15. The minimum atomic E-state index is -0.763. The zero-order valence-corrected chi connectivity index (χ0v) is 10.6. The van der Waals surface area contributed by atoms with Gasteiger partial charge in [0.2, 0.25) is 0 Å². The Morgan fingerprint density at radius 3 is 2.65 bits per heavy atom. The molecule has 1 aromatic rings. The molecule has 1 aromatic carbocycles. The number of carbonyl (C=O) groups is 1. The molecule has 1 saturated carbocycles. The number of aryl methyl sites for hydroxylation is 1. The summed E-state index contributed by atoms with van der Waals surface area (Å²) in [5.74, 6) is 0.915. The van der Waals surface area contributed by atoms with Crippen molar-refractivity contribution in [3.05, 3.63) is 29.3 Å². The zero-order valence-electron chi connectivity index (χ0n) is 10.6. The van der Waals surface area contributed by atoms with Crippen molar-refractivity contribution in [3.8, 4) is 5.75 Å². The fourth-order valence-corrected chi connectivity index (χ4v) is 2.16. The van der Waals surface area contributed by atoms with E-state index in [4.69, 9.17) is 10.5 Å². The van der Waals surface area contributed by atoms with Crippen LogP contribution in [0.5, 0.6) is 5.75 Å². The number of hydrogen-bond donors (Lipinski definition) is 1. The largest absolute Gasteiger partial charge is 0.496 e. The third kappa shape index (κ3) is 2.20. The average Bonchev–Trinajstić information content (AvgIpc) is 3.12. The number of nitrogens with two attached hydrogens (primary N) is 1. The third-order valence-electron chi connectivity index (χ3n) is 3.51. The highest BCUT2D eigenvalue weighted by atomic mass is 16.5. The van der Waals surface area contributed by atoms with E-state index in [1.807, 2.05) is 32.0 Å². The van der Waals surface area contributed by atoms with Crippen molar-refractivity contribution < 1.29 is 9.53 Å². The molecule has 0 aliphatic heterocycles. The number of ketones is 1. The SMILES string of the molecule is COc1ccc(C)cc1C(=O)C(C)(N)C1CC1. The molecular weight excluding hydrogens is 214 g/mol. The standard InChI is InChI=1S/C14H19NO2/c1-9-4-7-12(17-3)11(8-9)13(16)14(2,15)10-5-6-10/h4,7-8,10H,5-6,15H2,1-3H3. The predicted molar refractivity (Wildman–Crippen MR) is 67.4 cm³/mol. The van der Waals surface area contributed by atoms with Gasteiger partial charge in [0.1, 0.15) is 5.75 Å². The van der Waals surface area contributed by atoms with E-state index < -0.39 is 5.54 Å². The third-order valence-corrected chi connectivity index (χ3v) is 3.51. The number of ether oxygens (including phenoxy) is 1.